The number of thiophene rings is 1. The van der Waals surface area contributed by atoms with Crippen LogP contribution in [0.15, 0.2) is 48.7 Å². The first-order chi connectivity index (χ1) is 14.7. The number of nitrogens with one attached hydrogen (secondary N) is 2. The number of pyridine rings is 1. The van der Waals surface area contributed by atoms with E-state index in [1.54, 1.807) is 18.3 Å². The lowest BCUT2D eigenvalue weighted by Crippen LogP contribution is -2.29. The Hall–Kier alpha value is -2.44. The molecule has 158 valence electrons. The molecule has 0 saturated heterocycles. The van der Waals surface area contributed by atoms with Gasteiger partial charge in [0, 0.05) is 23.5 Å². The highest BCUT2D eigenvalue weighted by Crippen LogP contribution is 2.30. The number of nitrogens with zero attached hydrogens (tertiary/aromatic N) is 1. The van der Waals surface area contributed by atoms with Gasteiger partial charge in [0.15, 0.2) is 5.75 Å². The van der Waals surface area contributed by atoms with Crippen LogP contribution in [0.5, 0.6) is 5.75 Å². The summed E-state index contributed by atoms with van der Waals surface area (Å²) in [5, 5.41) is 8.27. The highest BCUT2D eigenvalue weighted by atomic mass is 32.1. The van der Waals surface area contributed by atoms with Crippen LogP contribution in [-0.4, -0.2) is 17.1 Å². The summed E-state index contributed by atoms with van der Waals surface area (Å²) in [5.74, 6) is 1.32. The summed E-state index contributed by atoms with van der Waals surface area (Å²) in [4.78, 5) is 16.9. The number of carbonyl (C=O) groups excluding carboxylic acids is 1. The molecule has 1 atom stereocenters. The third-order valence-electron chi connectivity index (χ3n) is 5.73. The van der Waals surface area contributed by atoms with E-state index in [0.717, 1.165) is 26.7 Å². The summed E-state index contributed by atoms with van der Waals surface area (Å²) in [5.41, 5.74) is 0.750. The van der Waals surface area contributed by atoms with E-state index in [0.29, 0.717) is 18.3 Å². The number of rotatable bonds is 7. The van der Waals surface area contributed by atoms with Gasteiger partial charge in [0.1, 0.15) is 0 Å². The van der Waals surface area contributed by atoms with Crippen molar-refractivity contribution in [2.24, 2.45) is 5.92 Å². The van der Waals surface area contributed by atoms with Crippen molar-refractivity contribution in [1.82, 2.24) is 10.3 Å². The molecule has 1 aliphatic carbocycles. The number of anilines is 1. The molecule has 1 aliphatic rings. The number of benzene rings is 1. The molecular weight excluding hydrogens is 394 g/mol. The van der Waals surface area contributed by atoms with Gasteiger partial charge < -0.3 is 10.1 Å². The van der Waals surface area contributed by atoms with E-state index in [1.165, 1.54) is 49.9 Å². The molecule has 1 amide bonds. The Morgan fingerprint density at radius 1 is 1.20 bits per heavy atom. The van der Waals surface area contributed by atoms with Gasteiger partial charge in [-0.05, 0) is 48.9 Å². The normalized spacial score (nSPS) is 15.8. The Kier molecular flexibility index (Phi) is 6.97. The van der Waals surface area contributed by atoms with Crippen molar-refractivity contribution < 1.29 is 9.53 Å². The summed E-state index contributed by atoms with van der Waals surface area (Å²) in [6.07, 6.45) is 9.25. The van der Waals surface area contributed by atoms with Crippen LogP contribution in [0, 0.1) is 5.92 Å². The highest BCUT2D eigenvalue weighted by Gasteiger charge is 2.17. The summed E-state index contributed by atoms with van der Waals surface area (Å²) < 4.78 is 6.71. The van der Waals surface area contributed by atoms with Crippen LogP contribution in [0.2, 0.25) is 0 Å². The van der Waals surface area contributed by atoms with Crippen molar-refractivity contribution in [2.75, 3.05) is 5.32 Å². The van der Waals surface area contributed by atoms with Gasteiger partial charge in [-0.15, -0.1) is 11.3 Å². The first-order valence-corrected chi connectivity index (χ1v) is 11.6. The topological polar surface area (TPSA) is 63.3 Å². The Bertz CT molecular complexity index is 948. The maximum absolute atomic E-state index is 12.4. The smallest absolute Gasteiger partial charge is 0.408 e. The number of fused-ring (bicyclic) bond motifs is 1. The fraction of sp³-hybridized carbons (Fsp3) is 0.417. The minimum absolute atomic E-state index is 0.412. The van der Waals surface area contributed by atoms with Crippen molar-refractivity contribution in [3.8, 4) is 5.75 Å². The summed E-state index contributed by atoms with van der Waals surface area (Å²) >= 11 is 1.53. The number of aromatic nitrogens is 1. The van der Waals surface area contributed by atoms with Gasteiger partial charge in [-0.1, -0.05) is 50.3 Å². The van der Waals surface area contributed by atoms with Crippen LogP contribution in [0.25, 0.3) is 10.1 Å². The second kappa shape index (κ2) is 10.0. The molecule has 1 unspecified atom stereocenters. The van der Waals surface area contributed by atoms with Gasteiger partial charge in [0.25, 0.3) is 0 Å². The Morgan fingerprint density at radius 2 is 2.03 bits per heavy atom. The molecule has 2 N–H and O–H groups in total. The first-order valence-electron chi connectivity index (χ1n) is 10.8. The first kappa shape index (κ1) is 20.8. The number of carbonyl (C=O) groups is 1. The SMILES string of the molecule is CC(CC1CCCCC1)NCc1ncccc1OC(=O)Nc1cc2ccccc2s1. The molecule has 30 heavy (non-hydrogen) atoms. The van der Waals surface area contributed by atoms with Crippen LogP contribution in [-0.2, 0) is 6.54 Å². The molecule has 3 aromatic rings. The average Bonchev–Trinajstić information content (AvgIpc) is 3.16. The van der Waals surface area contributed by atoms with E-state index in [-0.39, 0.29) is 0 Å². The molecule has 0 radical (unpaired) electrons. The summed E-state index contributed by atoms with van der Waals surface area (Å²) in [6, 6.07) is 14.0. The lowest BCUT2D eigenvalue weighted by atomic mass is 9.85. The molecule has 1 aromatic carbocycles. The van der Waals surface area contributed by atoms with Crippen LogP contribution < -0.4 is 15.4 Å². The molecule has 2 aromatic heterocycles. The van der Waals surface area contributed by atoms with Crippen molar-refractivity contribution in [3.05, 3.63) is 54.4 Å². The number of hydrogen-bond acceptors (Lipinski definition) is 5. The third-order valence-corrected chi connectivity index (χ3v) is 6.76. The lowest BCUT2D eigenvalue weighted by molar-refractivity contribution is 0.214. The minimum Gasteiger partial charge on any atom is -0.408 e. The van der Waals surface area contributed by atoms with Gasteiger partial charge in [-0.3, -0.25) is 10.3 Å². The van der Waals surface area contributed by atoms with Crippen molar-refractivity contribution in [1.29, 1.82) is 0 Å². The fourth-order valence-corrected chi connectivity index (χ4v) is 5.14. The maximum Gasteiger partial charge on any atom is 0.417 e. The van der Waals surface area contributed by atoms with Crippen molar-refractivity contribution in [2.45, 2.75) is 58.0 Å². The molecular formula is C24H29N3O2S. The van der Waals surface area contributed by atoms with Crippen molar-refractivity contribution in [3.63, 3.8) is 0 Å². The number of hydrogen-bond donors (Lipinski definition) is 2. The van der Waals surface area contributed by atoms with E-state index in [2.05, 4.69) is 22.5 Å². The van der Waals surface area contributed by atoms with Gasteiger partial charge in [0.05, 0.1) is 10.7 Å². The molecule has 1 saturated carbocycles. The zero-order valence-corrected chi connectivity index (χ0v) is 18.2. The second-order valence-corrected chi connectivity index (χ2v) is 9.22. The zero-order chi connectivity index (χ0) is 20.8. The third kappa shape index (κ3) is 5.58. The Balaban J connectivity index is 1.32. The fourth-order valence-electron chi connectivity index (χ4n) is 4.20. The summed E-state index contributed by atoms with van der Waals surface area (Å²) in [6.45, 7) is 2.81. The number of ether oxygens (including phenoxy) is 1. The molecule has 5 nitrogen and oxygen atoms in total. The average molecular weight is 424 g/mol. The molecule has 2 heterocycles. The van der Waals surface area contributed by atoms with Crippen LogP contribution >= 0.6 is 11.3 Å². The van der Waals surface area contributed by atoms with E-state index < -0.39 is 6.09 Å². The minimum atomic E-state index is -0.494. The number of amides is 1. The van der Waals surface area contributed by atoms with Crippen LogP contribution in [0.1, 0.15) is 51.1 Å². The van der Waals surface area contributed by atoms with E-state index in [9.17, 15) is 4.79 Å². The summed E-state index contributed by atoms with van der Waals surface area (Å²) in [7, 11) is 0. The zero-order valence-electron chi connectivity index (χ0n) is 17.4. The van der Waals surface area contributed by atoms with Gasteiger partial charge in [-0.25, -0.2) is 4.79 Å². The highest BCUT2D eigenvalue weighted by molar-refractivity contribution is 7.22. The quantitative estimate of drug-likeness (QED) is 0.464. The predicted molar refractivity (Wildman–Crippen MR) is 123 cm³/mol. The van der Waals surface area contributed by atoms with Crippen LogP contribution in [0.4, 0.5) is 9.80 Å². The van der Waals surface area contributed by atoms with E-state index in [4.69, 9.17) is 4.74 Å². The Labute approximate surface area is 181 Å². The maximum atomic E-state index is 12.4. The van der Waals surface area contributed by atoms with Gasteiger partial charge >= 0.3 is 6.09 Å². The van der Waals surface area contributed by atoms with E-state index >= 15 is 0 Å². The molecule has 4 rings (SSSR count). The molecule has 0 bridgehead atoms. The van der Waals surface area contributed by atoms with Gasteiger partial charge in [0.2, 0.25) is 0 Å². The molecule has 1 fully saturated rings. The molecule has 0 aliphatic heterocycles. The van der Waals surface area contributed by atoms with E-state index in [1.807, 2.05) is 30.3 Å². The standard InChI is InChI=1S/C24H29N3O2S/c1-17(14-18-8-3-2-4-9-18)26-16-20-21(11-7-13-25-20)29-24(28)27-23-15-19-10-5-6-12-22(19)30-23/h5-7,10-13,15,17-18,26H,2-4,8-9,14,16H2,1H3,(H,27,28). The van der Waals surface area contributed by atoms with Crippen molar-refractivity contribution >= 4 is 32.5 Å². The lowest BCUT2D eigenvalue weighted by Gasteiger charge is -2.25. The predicted octanol–water partition coefficient (Wildman–Crippen LogP) is 6.36. The monoisotopic (exact) mass is 423 g/mol. The largest absolute Gasteiger partial charge is 0.417 e. The van der Waals surface area contributed by atoms with Gasteiger partial charge in [-0.2, -0.15) is 0 Å². The molecule has 0 spiro atoms. The van der Waals surface area contributed by atoms with Crippen LogP contribution in [0.3, 0.4) is 0 Å². The second-order valence-electron chi connectivity index (χ2n) is 8.13. The Morgan fingerprint density at radius 3 is 2.87 bits per heavy atom. The molecule has 6 heteroatoms.